The van der Waals surface area contributed by atoms with Crippen molar-refractivity contribution in [3.05, 3.63) is 0 Å². The van der Waals surface area contributed by atoms with Gasteiger partial charge in [-0.3, -0.25) is 10.9 Å². The molecule has 0 fully saturated rings. The Morgan fingerprint density at radius 2 is 0.833 bits per heavy atom. The van der Waals surface area contributed by atoms with Crippen LogP contribution in [0.3, 0.4) is 0 Å². The van der Waals surface area contributed by atoms with Crippen LogP contribution in [0, 0.1) is 0 Å². The standard InChI is InChI=1S/C25H50N4S/c1-3-5-7-9-11-13-15-17-19-21-23-26-28-25(30)29-27-24-22-20-18-16-14-12-10-8-6-4-2/h23-24H,3-22H2,1-2H3,(H2,28,29,30)/b26-23+,27-24+. The Balaban J connectivity index is 3.32. The number of rotatable bonds is 22. The predicted octanol–water partition coefficient (Wildman–Crippen LogP) is 8.26. The Labute approximate surface area is 193 Å². The van der Waals surface area contributed by atoms with Gasteiger partial charge >= 0.3 is 0 Å². The van der Waals surface area contributed by atoms with Gasteiger partial charge in [-0.1, -0.05) is 117 Å². The molecule has 0 unspecified atom stereocenters. The molecule has 0 aromatic heterocycles. The molecule has 0 aliphatic heterocycles. The van der Waals surface area contributed by atoms with Gasteiger partial charge in [-0.15, -0.1) is 0 Å². The molecule has 0 aromatic carbocycles. The fourth-order valence-corrected chi connectivity index (χ4v) is 3.56. The summed E-state index contributed by atoms with van der Waals surface area (Å²) in [5, 5.41) is 8.78. The Morgan fingerprint density at radius 1 is 0.533 bits per heavy atom. The van der Waals surface area contributed by atoms with E-state index < -0.39 is 0 Å². The van der Waals surface area contributed by atoms with Crippen LogP contribution < -0.4 is 10.9 Å². The highest BCUT2D eigenvalue weighted by Crippen LogP contribution is 2.10. The summed E-state index contributed by atoms with van der Waals surface area (Å²) in [7, 11) is 0. The van der Waals surface area contributed by atoms with Gasteiger partial charge in [0, 0.05) is 12.4 Å². The molecule has 0 rings (SSSR count). The molecule has 0 aliphatic rings. The van der Waals surface area contributed by atoms with E-state index in [1.165, 1.54) is 116 Å². The van der Waals surface area contributed by atoms with E-state index in [1.54, 1.807) is 0 Å². The van der Waals surface area contributed by atoms with Crippen molar-refractivity contribution >= 4 is 29.8 Å². The molecule has 30 heavy (non-hydrogen) atoms. The third-order valence-electron chi connectivity index (χ3n) is 5.39. The number of unbranched alkanes of at least 4 members (excludes halogenated alkanes) is 18. The SMILES string of the molecule is CCCCCCCCCCC/C=N/NC(=S)N/N=C/CCCCCCCCCCC. The van der Waals surface area contributed by atoms with Crippen molar-refractivity contribution in [2.45, 2.75) is 142 Å². The average Bonchev–Trinajstić information content (AvgIpc) is 2.75. The lowest BCUT2D eigenvalue weighted by atomic mass is 10.1. The summed E-state index contributed by atoms with van der Waals surface area (Å²) in [6, 6.07) is 0. The fourth-order valence-electron chi connectivity index (χ4n) is 3.46. The van der Waals surface area contributed by atoms with Crippen molar-refractivity contribution in [1.82, 2.24) is 10.9 Å². The molecule has 0 spiro atoms. The lowest BCUT2D eigenvalue weighted by molar-refractivity contribution is 0.568. The van der Waals surface area contributed by atoms with Crippen LogP contribution in [0.5, 0.6) is 0 Å². The molecule has 0 heterocycles. The maximum absolute atomic E-state index is 5.16. The van der Waals surface area contributed by atoms with Gasteiger partial charge in [0.1, 0.15) is 0 Å². The summed E-state index contributed by atoms with van der Waals surface area (Å²) < 4.78 is 0. The van der Waals surface area contributed by atoms with E-state index in [2.05, 4.69) is 34.9 Å². The van der Waals surface area contributed by atoms with Crippen LogP contribution in [0.15, 0.2) is 10.2 Å². The van der Waals surface area contributed by atoms with Crippen LogP contribution in [0.1, 0.15) is 142 Å². The third kappa shape index (κ3) is 25.1. The Bertz CT molecular complexity index is 374. The zero-order valence-corrected chi connectivity index (χ0v) is 20.9. The van der Waals surface area contributed by atoms with E-state index >= 15 is 0 Å². The number of nitrogens with zero attached hydrogens (tertiary/aromatic N) is 2. The first-order chi connectivity index (χ1) is 14.8. The molecule has 0 saturated carbocycles. The van der Waals surface area contributed by atoms with Crippen LogP contribution in [0.4, 0.5) is 0 Å². The van der Waals surface area contributed by atoms with E-state index in [1.807, 2.05) is 12.4 Å². The molecule has 4 nitrogen and oxygen atoms in total. The highest BCUT2D eigenvalue weighted by atomic mass is 32.1. The molecule has 0 saturated heterocycles. The second kappa shape index (κ2) is 26.1. The van der Waals surface area contributed by atoms with Crippen LogP contribution in [-0.2, 0) is 0 Å². The smallest absolute Gasteiger partial charge is 0.207 e. The normalized spacial score (nSPS) is 11.5. The Morgan fingerprint density at radius 3 is 1.17 bits per heavy atom. The molecule has 0 atom stereocenters. The summed E-state index contributed by atoms with van der Waals surface area (Å²) in [5.74, 6) is 0. The number of thiocarbonyl (C=S) groups is 1. The van der Waals surface area contributed by atoms with E-state index in [0.717, 1.165) is 12.8 Å². The zero-order valence-electron chi connectivity index (χ0n) is 20.1. The molecule has 5 heteroatoms. The third-order valence-corrected chi connectivity index (χ3v) is 5.57. The van der Waals surface area contributed by atoms with Crippen LogP contribution in [0.25, 0.3) is 0 Å². The number of hydrogen-bond donors (Lipinski definition) is 2. The average molecular weight is 439 g/mol. The number of nitrogens with one attached hydrogen (secondary N) is 2. The number of hydrazone groups is 2. The molecule has 0 aromatic rings. The van der Waals surface area contributed by atoms with Gasteiger partial charge in [-0.05, 0) is 37.9 Å². The van der Waals surface area contributed by atoms with Gasteiger partial charge in [0.2, 0.25) is 5.11 Å². The van der Waals surface area contributed by atoms with Gasteiger partial charge < -0.3 is 0 Å². The van der Waals surface area contributed by atoms with E-state index in [-0.39, 0.29) is 0 Å². The van der Waals surface area contributed by atoms with Crippen molar-refractivity contribution in [1.29, 1.82) is 0 Å². The van der Waals surface area contributed by atoms with Gasteiger partial charge in [-0.2, -0.15) is 10.2 Å². The summed E-state index contributed by atoms with van der Waals surface area (Å²) >= 11 is 5.16. The van der Waals surface area contributed by atoms with Crippen molar-refractivity contribution < 1.29 is 0 Å². The van der Waals surface area contributed by atoms with Crippen molar-refractivity contribution in [3.8, 4) is 0 Å². The zero-order chi connectivity index (χ0) is 22.0. The highest BCUT2D eigenvalue weighted by molar-refractivity contribution is 7.80. The van der Waals surface area contributed by atoms with E-state index in [4.69, 9.17) is 12.2 Å². The summed E-state index contributed by atoms with van der Waals surface area (Å²) in [6.07, 6.45) is 30.2. The van der Waals surface area contributed by atoms with Crippen molar-refractivity contribution in [3.63, 3.8) is 0 Å². The first-order valence-electron chi connectivity index (χ1n) is 12.9. The van der Waals surface area contributed by atoms with Crippen LogP contribution in [-0.4, -0.2) is 17.5 Å². The quantitative estimate of drug-likeness (QED) is 0.0773. The first kappa shape index (κ1) is 29.0. The molecule has 0 amide bonds. The van der Waals surface area contributed by atoms with Gasteiger partial charge in [-0.25, -0.2) is 0 Å². The molecule has 0 radical (unpaired) electrons. The topological polar surface area (TPSA) is 48.8 Å². The van der Waals surface area contributed by atoms with Crippen LogP contribution >= 0.6 is 12.2 Å². The Hall–Kier alpha value is -0.970. The van der Waals surface area contributed by atoms with Gasteiger partial charge in [0.05, 0.1) is 0 Å². The minimum absolute atomic E-state index is 0.460. The number of hydrogen-bond acceptors (Lipinski definition) is 3. The summed E-state index contributed by atoms with van der Waals surface area (Å²) in [6.45, 7) is 4.54. The first-order valence-corrected chi connectivity index (χ1v) is 13.3. The molecular formula is C25H50N4S. The maximum atomic E-state index is 5.16. The molecule has 0 aliphatic carbocycles. The molecule has 176 valence electrons. The van der Waals surface area contributed by atoms with E-state index in [9.17, 15) is 0 Å². The maximum Gasteiger partial charge on any atom is 0.207 e. The summed E-state index contributed by atoms with van der Waals surface area (Å²) in [4.78, 5) is 0. The molecule has 0 bridgehead atoms. The van der Waals surface area contributed by atoms with Gasteiger partial charge in [0.15, 0.2) is 0 Å². The highest BCUT2D eigenvalue weighted by Gasteiger charge is 1.93. The van der Waals surface area contributed by atoms with Crippen molar-refractivity contribution in [2.75, 3.05) is 0 Å². The minimum atomic E-state index is 0.460. The van der Waals surface area contributed by atoms with Gasteiger partial charge in [0.25, 0.3) is 0 Å². The Kier molecular flexibility index (Phi) is 25.2. The lowest BCUT2D eigenvalue weighted by Gasteiger charge is -2.02. The predicted molar refractivity (Wildman–Crippen MR) is 140 cm³/mol. The lowest BCUT2D eigenvalue weighted by Crippen LogP contribution is -2.28. The largest absolute Gasteiger partial charge is 0.253 e. The summed E-state index contributed by atoms with van der Waals surface area (Å²) in [5.41, 5.74) is 5.66. The van der Waals surface area contributed by atoms with Crippen LogP contribution in [0.2, 0.25) is 0 Å². The second-order valence-corrected chi connectivity index (χ2v) is 8.82. The van der Waals surface area contributed by atoms with Crippen molar-refractivity contribution in [2.24, 2.45) is 10.2 Å². The minimum Gasteiger partial charge on any atom is -0.253 e. The van der Waals surface area contributed by atoms with E-state index in [0.29, 0.717) is 5.11 Å². The molecular weight excluding hydrogens is 388 g/mol. The monoisotopic (exact) mass is 438 g/mol. The fraction of sp³-hybridized carbons (Fsp3) is 0.880. The molecule has 2 N–H and O–H groups in total. The second-order valence-electron chi connectivity index (χ2n) is 8.41.